The Morgan fingerprint density at radius 2 is 2.03 bits per heavy atom. The Bertz CT molecular complexity index is 1160. The van der Waals surface area contributed by atoms with Crippen molar-refractivity contribution in [3.8, 4) is 0 Å². The number of fused-ring (bicyclic) bond motifs is 1. The Labute approximate surface area is 179 Å². The van der Waals surface area contributed by atoms with Crippen LogP contribution in [0.5, 0.6) is 0 Å². The van der Waals surface area contributed by atoms with Crippen LogP contribution >= 0.6 is 27.7 Å². The summed E-state index contributed by atoms with van der Waals surface area (Å²) >= 11 is 4.70. The van der Waals surface area contributed by atoms with E-state index in [1.807, 2.05) is 24.3 Å². The van der Waals surface area contributed by atoms with Gasteiger partial charge in [0.2, 0.25) is 5.91 Å². The number of benzene rings is 2. The lowest BCUT2D eigenvalue weighted by Gasteiger charge is -2.27. The minimum atomic E-state index is -0.376. The molecular formula is C21H17BrFN3O2S. The quantitative estimate of drug-likeness (QED) is 0.449. The van der Waals surface area contributed by atoms with Gasteiger partial charge >= 0.3 is 0 Å². The molecule has 1 N–H and O–H groups in total. The predicted octanol–water partition coefficient (Wildman–Crippen LogP) is 4.45. The number of aromatic nitrogens is 2. The summed E-state index contributed by atoms with van der Waals surface area (Å²) in [6.07, 6.45) is 0.183. The van der Waals surface area contributed by atoms with Gasteiger partial charge in [-0.15, -0.1) is 0 Å². The molecule has 1 aliphatic heterocycles. The number of hydrogen-bond donors (Lipinski definition) is 1. The van der Waals surface area contributed by atoms with Gasteiger partial charge in [-0.25, -0.2) is 4.39 Å². The van der Waals surface area contributed by atoms with Crippen LogP contribution in [-0.4, -0.2) is 15.5 Å². The molecule has 0 saturated heterocycles. The molecule has 1 amide bonds. The maximum Gasteiger partial charge on any atom is 0.279 e. The Hall–Kier alpha value is -2.45. The van der Waals surface area contributed by atoms with Crippen molar-refractivity contribution < 1.29 is 9.18 Å². The van der Waals surface area contributed by atoms with E-state index in [0.29, 0.717) is 27.9 Å². The van der Waals surface area contributed by atoms with Crippen molar-refractivity contribution in [2.75, 3.05) is 5.32 Å². The van der Waals surface area contributed by atoms with E-state index in [1.54, 1.807) is 29.8 Å². The van der Waals surface area contributed by atoms with Crippen molar-refractivity contribution >= 4 is 39.4 Å². The average molecular weight is 474 g/mol. The fourth-order valence-corrected chi connectivity index (χ4v) is 4.80. The fraction of sp³-hybridized carbons (Fsp3) is 0.190. The summed E-state index contributed by atoms with van der Waals surface area (Å²) in [4.78, 5) is 29.5. The van der Waals surface area contributed by atoms with E-state index in [-0.39, 0.29) is 29.6 Å². The third-order valence-electron chi connectivity index (χ3n) is 4.87. The van der Waals surface area contributed by atoms with Gasteiger partial charge < -0.3 is 9.88 Å². The van der Waals surface area contributed by atoms with Crippen LogP contribution in [0.2, 0.25) is 0 Å². The summed E-state index contributed by atoms with van der Waals surface area (Å²) in [7, 11) is 1.75. The highest BCUT2D eigenvalue weighted by atomic mass is 79.9. The molecular weight excluding hydrogens is 457 g/mol. The molecule has 1 aromatic heterocycles. The third kappa shape index (κ3) is 4.00. The number of hydrogen-bond acceptors (Lipinski definition) is 4. The van der Waals surface area contributed by atoms with Gasteiger partial charge in [-0.05, 0) is 29.3 Å². The minimum Gasteiger partial charge on any atom is -0.312 e. The van der Waals surface area contributed by atoms with Gasteiger partial charge in [-0.2, -0.15) is 4.98 Å². The van der Waals surface area contributed by atoms with Gasteiger partial charge in [0, 0.05) is 29.6 Å². The van der Waals surface area contributed by atoms with Crippen LogP contribution in [0.4, 0.5) is 10.2 Å². The molecule has 2 aromatic carbocycles. The van der Waals surface area contributed by atoms with Crippen LogP contribution in [-0.2, 0) is 17.6 Å². The molecule has 5 nitrogen and oxygen atoms in total. The van der Waals surface area contributed by atoms with Gasteiger partial charge in [0.05, 0.1) is 5.56 Å². The summed E-state index contributed by atoms with van der Waals surface area (Å²) in [6.45, 7) is 0. The van der Waals surface area contributed by atoms with Crippen LogP contribution in [0, 0.1) is 5.82 Å². The number of rotatable bonds is 4. The molecule has 148 valence electrons. The van der Waals surface area contributed by atoms with E-state index in [0.717, 1.165) is 10.0 Å². The van der Waals surface area contributed by atoms with Gasteiger partial charge in [-0.3, -0.25) is 9.59 Å². The number of halogens is 2. The van der Waals surface area contributed by atoms with E-state index in [4.69, 9.17) is 0 Å². The molecule has 0 aliphatic carbocycles. The molecule has 2 heterocycles. The first-order valence-corrected chi connectivity index (χ1v) is 10.7. The van der Waals surface area contributed by atoms with E-state index >= 15 is 0 Å². The maximum atomic E-state index is 13.9. The summed E-state index contributed by atoms with van der Waals surface area (Å²) in [5.41, 5.74) is 1.50. The molecule has 3 aromatic rings. The van der Waals surface area contributed by atoms with Gasteiger partial charge in [0.25, 0.3) is 5.56 Å². The standard InChI is InChI=1S/C21H17BrFN3O2S/c1-26-19-18(15(10-17(27)24-19)12-6-4-7-14(22)9-12)20(28)25-21(26)29-11-13-5-2-3-8-16(13)23/h2-9,15H,10-11H2,1H3,(H,24,27). The zero-order valence-corrected chi connectivity index (χ0v) is 17.9. The summed E-state index contributed by atoms with van der Waals surface area (Å²) in [5, 5.41) is 3.24. The summed E-state index contributed by atoms with van der Waals surface area (Å²) in [5.74, 6) is -0.0515. The number of anilines is 1. The molecule has 8 heteroatoms. The molecule has 0 bridgehead atoms. The number of carbonyl (C=O) groups is 1. The third-order valence-corrected chi connectivity index (χ3v) is 6.44. The maximum absolute atomic E-state index is 13.9. The van der Waals surface area contributed by atoms with Crippen LogP contribution in [0.3, 0.4) is 0 Å². The average Bonchev–Trinajstić information content (AvgIpc) is 2.70. The Morgan fingerprint density at radius 1 is 1.24 bits per heavy atom. The second-order valence-corrected chi connectivity index (χ2v) is 8.62. The minimum absolute atomic E-state index is 0.159. The highest BCUT2D eigenvalue weighted by molar-refractivity contribution is 9.10. The van der Waals surface area contributed by atoms with Crippen LogP contribution in [0.1, 0.15) is 29.0 Å². The van der Waals surface area contributed by atoms with E-state index in [2.05, 4.69) is 26.2 Å². The molecule has 29 heavy (non-hydrogen) atoms. The van der Waals surface area contributed by atoms with Gasteiger partial charge in [-0.1, -0.05) is 58.0 Å². The Morgan fingerprint density at radius 3 is 2.79 bits per heavy atom. The molecule has 0 fully saturated rings. The number of nitrogens with zero attached hydrogens (tertiary/aromatic N) is 2. The second kappa shape index (κ2) is 8.12. The number of thioether (sulfide) groups is 1. The van der Waals surface area contributed by atoms with E-state index in [1.165, 1.54) is 17.8 Å². The normalized spacial score (nSPS) is 15.7. The van der Waals surface area contributed by atoms with Crippen LogP contribution in [0.15, 0.2) is 63.0 Å². The smallest absolute Gasteiger partial charge is 0.279 e. The Balaban J connectivity index is 1.73. The van der Waals surface area contributed by atoms with Crippen molar-refractivity contribution in [1.29, 1.82) is 0 Å². The fourth-order valence-electron chi connectivity index (χ4n) is 3.43. The molecule has 0 saturated carbocycles. The largest absolute Gasteiger partial charge is 0.312 e. The van der Waals surface area contributed by atoms with Gasteiger partial charge in [0.1, 0.15) is 11.6 Å². The summed E-state index contributed by atoms with van der Waals surface area (Å²) < 4.78 is 16.5. The number of amides is 1. The van der Waals surface area contributed by atoms with Gasteiger partial charge in [0.15, 0.2) is 5.16 Å². The molecule has 1 unspecified atom stereocenters. The second-order valence-electron chi connectivity index (χ2n) is 6.76. The first kappa shape index (κ1) is 19.8. The predicted molar refractivity (Wildman–Crippen MR) is 115 cm³/mol. The van der Waals surface area contributed by atoms with Crippen LogP contribution in [0.25, 0.3) is 0 Å². The topological polar surface area (TPSA) is 64.0 Å². The zero-order valence-electron chi connectivity index (χ0n) is 15.5. The Kier molecular flexibility index (Phi) is 5.56. The first-order chi connectivity index (χ1) is 13.9. The van der Waals surface area contributed by atoms with Crippen molar-refractivity contribution in [2.45, 2.75) is 23.2 Å². The van der Waals surface area contributed by atoms with E-state index < -0.39 is 0 Å². The zero-order chi connectivity index (χ0) is 20.5. The lowest BCUT2D eigenvalue weighted by atomic mass is 9.87. The van der Waals surface area contributed by atoms with Crippen molar-refractivity contribution in [3.05, 3.63) is 85.9 Å². The molecule has 1 aliphatic rings. The number of carbonyl (C=O) groups excluding carboxylic acids is 1. The SMILES string of the molecule is Cn1c(SCc2ccccc2F)nc(=O)c2c1NC(=O)CC2c1cccc(Br)c1. The highest BCUT2D eigenvalue weighted by Gasteiger charge is 2.32. The van der Waals surface area contributed by atoms with E-state index in [9.17, 15) is 14.0 Å². The lowest BCUT2D eigenvalue weighted by Crippen LogP contribution is -2.33. The monoisotopic (exact) mass is 473 g/mol. The van der Waals surface area contributed by atoms with Crippen molar-refractivity contribution in [3.63, 3.8) is 0 Å². The number of nitrogens with one attached hydrogen (secondary N) is 1. The molecule has 0 radical (unpaired) electrons. The van der Waals surface area contributed by atoms with Crippen molar-refractivity contribution in [1.82, 2.24) is 9.55 Å². The lowest BCUT2D eigenvalue weighted by molar-refractivity contribution is -0.116. The van der Waals surface area contributed by atoms with Crippen molar-refractivity contribution in [2.24, 2.45) is 7.05 Å². The molecule has 4 rings (SSSR count). The highest BCUT2D eigenvalue weighted by Crippen LogP contribution is 2.36. The molecule has 1 atom stereocenters. The summed E-state index contributed by atoms with van der Waals surface area (Å²) in [6, 6.07) is 14.1. The molecule has 0 spiro atoms. The first-order valence-electron chi connectivity index (χ1n) is 8.96. The van der Waals surface area contributed by atoms with Crippen LogP contribution < -0.4 is 10.9 Å².